The largest absolute Gasteiger partial charge is 0.321 e. The lowest BCUT2D eigenvalue weighted by Gasteiger charge is -2.11. The van der Waals surface area contributed by atoms with Crippen molar-refractivity contribution in [1.82, 2.24) is 0 Å². The van der Waals surface area contributed by atoms with Crippen LogP contribution < -0.4 is 5.32 Å². The van der Waals surface area contributed by atoms with Gasteiger partial charge in [0.25, 0.3) is 5.91 Å². The van der Waals surface area contributed by atoms with Crippen molar-refractivity contribution >= 4 is 35.1 Å². The summed E-state index contributed by atoms with van der Waals surface area (Å²) in [6.45, 7) is 2.09. The summed E-state index contributed by atoms with van der Waals surface area (Å²) in [5.74, 6) is 0.778. The van der Waals surface area contributed by atoms with Gasteiger partial charge < -0.3 is 5.32 Å². The zero-order valence-electron chi connectivity index (χ0n) is 17.2. The van der Waals surface area contributed by atoms with E-state index in [2.05, 4.69) is 48.6 Å². The SMILES string of the molecule is Cc1ccc(SCc2ccc(C(=O)Nc3ccccc3Sc3ccccc3)cc2)cc1. The molecule has 0 aliphatic heterocycles. The third-order valence-corrected chi connectivity index (χ3v) is 6.92. The summed E-state index contributed by atoms with van der Waals surface area (Å²) in [6, 6.07) is 34.5. The molecule has 4 heteroatoms. The van der Waals surface area contributed by atoms with E-state index >= 15 is 0 Å². The van der Waals surface area contributed by atoms with E-state index in [9.17, 15) is 4.79 Å². The molecule has 0 saturated heterocycles. The molecule has 0 heterocycles. The monoisotopic (exact) mass is 441 g/mol. The Hall–Kier alpha value is -2.95. The van der Waals surface area contributed by atoms with Crippen LogP contribution in [0.2, 0.25) is 0 Å². The normalized spacial score (nSPS) is 10.6. The molecule has 0 bridgehead atoms. The molecule has 0 aliphatic carbocycles. The summed E-state index contributed by atoms with van der Waals surface area (Å²) in [5.41, 5.74) is 3.94. The first-order chi connectivity index (χ1) is 15.2. The molecule has 1 N–H and O–H groups in total. The molecule has 0 fully saturated rings. The van der Waals surface area contributed by atoms with Crippen LogP contribution in [-0.2, 0) is 5.75 Å². The minimum absolute atomic E-state index is 0.0983. The second-order valence-electron chi connectivity index (χ2n) is 7.16. The zero-order chi connectivity index (χ0) is 21.5. The van der Waals surface area contributed by atoms with Crippen LogP contribution in [0.4, 0.5) is 5.69 Å². The van der Waals surface area contributed by atoms with E-state index in [1.54, 1.807) is 23.5 Å². The Morgan fingerprint density at radius 3 is 2.16 bits per heavy atom. The molecule has 1 amide bonds. The highest BCUT2D eigenvalue weighted by atomic mass is 32.2. The summed E-state index contributed by atoms with van der Waals surface area (Å²) in [4.78, 5) is 16.2. The fourth-order valence-corrected chi connectivity index (χ4v) is 4.80. The van der Waals surface area contributed by atoms with Crippen molar-refractivity contribution in [3.8, 4) is 0 Å². The Balaban J connectivity index is 1.39. The van der Waals surface area contributed by atoms with Crippen molar-refractivity contribution < 1.29 is 4.79 Å². The van der Waals surface area contributed by atoms with Crippen LogP contribution >= 0.6 is 23.5 Å². The van der Waals surface area contributed by atoms with E-state index in [0.29, 0.717) is 5.56 Å². The predicted molar refractivity (Wildman–Crippen MR) is 132 cm³/mol. The number of amides is 1. The number of rotatable bonds is 7. The average Bonchev–Trinajstić information content (AvgIpc) is 2.81. The lowest BCUT2D eigenvalue weighted by Crippen LogP contribution is -2.12. The number of anilines is 1. The number of nitrogens with one attached hydrogen (secondary N) is 1. The number of benzene rings is 4. The van der Waals surface area contributed by atoms with Crippen molar-refractivity contribution in [2.75, 3.05) is 5.32 Å². The van der Waals surface area contributed by atoms with Gasteiger partial charge in [0, 0.05) is 26.0 Å². The topological polar surface area (TPSA) is 29.1 Å². The van der Waals surface area contributed by atoms with Gasteiger partial charge in [-0.05, 0) is 61.0 Å². The molecular formula is C27H23NOS2. The number of aryl methyl sites for hydroxylation is 1. The number of carbonyl (C=O) groups is 1. The molecule has 0 unspecified atom stereocenters. The molecule has 0 saturated carbocycles. The van der Waals surface area contributed by atoms with Crippen molar-refractivity contribution in [3.63, 3.8) is 0 Å². The Morgan fingerprint density at radius 1 is 0.742 bits per heavy atom. The van der Waals surface area contributed by atoms with Crippen LogP contribution in [0, 0.1) is 6.92 Å². The van der Waals surface area contributed by atoms with Crippen molar-refractivity contribution in [2.24, 2.45) is 0 Å². The fraction of sp³-hybridized carbons (Fsp3) is 0.0741. The van der Waals surface area contributed by atoms with E-state index < -0.39 is 0 Å². The fourth-order valence-electron chi connectivity index (χ4n) is 3.02. The van der Waals surface area contributed by atoms with Gasteiger partial charge in [0.05, 0.1) is 5.69 Å². The molecule has 0 atom stereocenters. The Morgan fingerprint density at radius 2 is 1.42 bits per heavy atom. The maximum Gasteiger partial charge on any atom is 0.255 e. The van der Waals surface area contributed by atoms with Crippen molar-refractivity contribution in [3.05, 3.63) is 120 Å². The van der Waals surface area contributed by atoms with Gasteiger partial charge in [0.2, 0.25) is 0 Å². The molecule has 0 radical (unpaired) electrons. The Labute approximate surface area is 192 Å². The second kappa shape index (κ2) is 10.4. The zero-order valence-corrected chi connectivity index (χ0v) is 18.9. The minimum Gasteiger partial charge on any atom is -0.321 e. The van der Waals surface area contributed by atoms with Crippen LogP contribution in [-0.4, -0.2) is 5.91 Å². The summed E-state index contributed by atoms with van der Waals surface area (Å²) in [7, 11) is 0. The third kappa shape index (κ3) is 6.03. The van der Waals surface area contributed by atoms with Crippen molar-refractivity contribution in [2.45, 2.75) is 27.4 Å². The van der Waals surface area contributed by atoms with E-state index in [-0.39, 0.29) is 5.91 Å². The Kier molecular flexibility index (Phi) is 7.13. The average molecular weight is 442 g/mol. The summed E-state index contributed by atoms with van der Waals surface area (Å²) >= 11 is 3.44. The summed E-state index contributed by atoms with van der Waals surface area (Å²) in [6.07, 6.45) is 0. The smallest absolute Gasteiger partial charge is 0.255 e. The summed E-state index contributed by atoms with van der Waals surface area (Å²) in [5, 5.41) is 3.06. The summed E-state index contributed by atoms with van der Waals surface area (Å²) < 4.78 is 0. The predicted octanol–water partition coefficient (Wildman–Crippen LogP) is 7.69. The molecule has 31 heavy (non-hydrogen) atoms. The maximum absolute atomic E-state index is 12.8. The highest BCUT2D eigenvalue weighted by molar-refractivity contribution is 7.99. The van der Waals surface area contributed by atoms with E-state index in [1.807, 2.05) is 66.7 Å². The van der Waals surface area contributed by atoms with Crippen LogP contribution in [0.25, 0.3) is 0 Å². The van der Waals surface area contributed by atoms with Gasteiger partial charge in [-0.15, -0.1) is 11.8 Å². The number of hydrogen-bond acceptors (Lipinski definition) is 3. The van der Waals surface area contributed by atoms with Gasteiger partial charge in [-0.25, -0.2) is 0 Å². The van der Waals surface area contributed by atoms with Crippen LogP contribution in [0.3, 0.4) is 0 Å². The van der Waals surface area contributed by atoms with Gasteiger partial charge >= 0.3 is 0 Å². The van der Waals surface area contributed by atoms with Gasteiger partial charge in [-0.1, -0.05) is 71.9 Å². The Bertz CT molecular complexity index is 1140. The molecule has 4 aromatic carbocycles. The molecule has 0 aromatic heterocycles. The molecule has 154 valence electrons. The van der Waals surface area contributed by atoms with Crippen LogP contribution in [0.15, 0.2) is 118 Å². The van der Waals surface area contributed by atoms with Crippen LogP contribution in [0.1, 0.15) is 21.5 Å². The number of carbonyl (C=O) groups excluding carboxylic acids is 1. The second-order valence-corrected chi connectivity index (χ2v) is 9.33. The first kappa shape index (κ1) is 21.3. The third-order valence-electron chi connectivity index (χ3n) is 4.75. The van der Waals surface area contributed by atoms with Gasteiger partial charge in [0.15, 0.2) is 0 Å². The van der Waals surface area contributed by atoms with Gasteiger partial charge in [-0.3, -0.25) is 4.79 Å². The first-order valence-electron chi connectivity index (χ1n) is 10.1. The van der Waals surface area contributed by atoms with Gasteiger partial charge in [0.1, 0.15) is 0 Å². The molecule has 2 nitrogen and oxygen atoms in total. The minimum atomic E-state index is -0.0983. The molecule has 4 rings (SSSR count). The van der Waals surface area contributed by atoms with E-state index in [4.69, 9.17) is 0 Å². The highest BCUT2D eigenvalue weighted by Gasteiger charge is 2.10. The standard InChI is InChI=1S/C27H23NOS2/c1-20-11-17-23(18-12-20)30-19-21-13-15-22(16-14-21)27(29)28-25-9-5-6-10-26(25)31-24-7-3-2-4-8-24/h2-18H,19H2,1H3,(H,28,29). The number of para-hydroxylation sites is 1. The molecule has 0 spiro atoms. The lowest BCUT2D eigenvalue weighted by molar-refractivity contribution is 0.102. The lowest BCUT2D eigenvalue weighted by atomic mass is 10.1. The molecule has 0 aliphatic rings. The van der Waals surface area contributed by atoms with Gasteiger partial charge in [-0.2, -0.15) is 0 Å². The van der Waals surface area contributed by atoms with Crippen LogP contribution in [0.5, 0.6) is 0 Å². The van der Waals surface area contributed by atoms with E-state index in [0.717, 1.165) is 21.2 Å². The molecular weight excluding hydrogens is 418 g/mol. The maximum atomic E-state index is 12.8. The quantitative estimate of drug-likeness (QED) is 0.298. The first-order valence-corrected chi connectivity index (χ1v) is 11.9. The van der Waals surface area contributed by atoms with E-state index in [1.165, 1.54) is 16.0 Å². The highest BCUT2D eigenvalue weighted by Crippen LogP contribution is 2.33. The molecule has 4 aromatic rings. The number of thioether (sulfide) groups is 1. The number of hydrogen-bond donors (Lipinski definition) is 1. The van der Waals surface area contributed by atoms with Crippen molar-refractivity contribution in [1.29, 1.82) is 0 Å².